The van der Waals surface area contributed by atoms with Crippen molar-refractivity contribution >= 4 is 22.5 Å². The van der Waals surface area contributed by atoms with Gasteiger partial charge in [-0.15, -0.1) is 0 Å². The zero-order valence-electron chi connectivity index (χ0n) is 9.27. The lowest BCUT2D eigenvalue weighted by Crippen LogP contribution is -2.26. The van der Waals surface area contributed by atoms with Gasteiger partial charge in [-0.05, 0) is 31.0 Å². The zero-order valence-corrected chi connectivity index (χ0v) is 9.27. The number of ether oxygens (including phenoxy) is 1. The largest absolute Gasteiger partial charge is 0.368 e. The third-order valence-electron chi connectivity index (χ3n) is 2.93. The van der Waals surface area contributed by atoms with Gasteiger partial charge in [-0.1, -0.05) is 0 Å². The molecule has 1 aromatic carbocycles. The number of nitrogens with zero attached hydrogens (tertiary/aromatic N) is 1. The second-order valence-corrected chi connectivity index (χ2v) is 4.16. The van der Waals surface area contributed by atoms with Gasteiger partial charge < -0.3 is 10.1 Å². The number of aromatic amines is 1. The zero-order chi connectivity index (χ0) is 11.7. The molecule has 0 aliphatic carbocycles. The molecule has 5 heteroatoms. The van der Waals surface area contributed by atoms with Crippen LogP contribution >= 0.6 is 0 Å². The molecule has 2 aromatic rings. The van der Waals surface area contributed by atoms with E-state index in [4.69, 9.17) is 4.74 Å². The summed E-state index contributed by atoms with van der Waals surface area (Å²) in [5, 5.41) is 10.6. The number of rotatable bonds is 2. The molecule has 1 aliphatic rings. The summed E-state index contributed by atoms with van der Waals surface area (Å²) >= 11 is 0. The van der Waals surface area contributed by atoms with Crippen LogP contribution in [0.1, 0.15) is 12.8 Å². The Kier molecular flexibility index (Phi) is 2.53. The third kappa shape index (κ3) is 2.01. The standard InChI is InChI=1S/C12H13N3O2/c16-12(11-2-1-5-17-11)14-9-3-4-10-8(6-9)7-13-15-10/h3-4,6-7,11H,1-2,5H2,(H,13,15)(H,14,16)/t11-/m0/s1. The number of benzene rings is 1. The molecule has 1 fully saturated rings. The van der Waals surface area contributed by atoms with Crippen LogP contribution in [-0.4, -0.2) is 28.8 Å². The van der Waals surface area contributed by atoms with E-state index in [9.17, 15) is 4.79 Å². The lowest BCUT2D eigenvalue weighted by molar-refractivity contribution is -0.124. The van der Waals surface area contributed by atoms with E-state index in [-0.39, 0.29) is 12.0 Å². The van der Waals surface area contributed by atoms with Gasteiger partial charge in [-0.3, -0.25) is 9.89 Å². The first kappa shape index (κ1) is 10.3. The van der Waals surface area contributed by atoms with Gasteiger partial charge in [0.1, 0.15) is 6.10 Å². The molecule has 1 aliphatic heterocycles. The highest BCUT2D eigenvalue weighted by molar-refractivity contribution is 5.96. The summed E-state index contributed by atoms with van der Waals surface area (Å²) in [5.74, 6) is -0.0645. The van der Waals surface area contributed by atoms with E-state index >= 15 is 0 Å². The molecule has 88 valence electrons. The van der Waals surface area contributed by atoms with E-state index in [1.165, 1.54) is 0 Å². The summed E-state index contributed by atoms with van der Waals surface area (Å²) in [6, 6.07) is 5.65. The molecule has 5 nitrogen and oxygen atoms in total. The van der Waals surface area contributed by atoms with Crippen LogP contribution in [0, 0.1) is 0 Å². The van der Waals surface area contributed by atoms with Gasteiger partial charge in [0.2, 0.25) is 0 Å². The minimum absolute atomic E-state index is 0.0645. The highest BCUT2D eigenvalue weighted by Gasteiger charge is 2.23. The van der Waals surface area contributed by atoms with Crippen LogP contribution in [-0.2, 0) is 9.53 Å². The number of carbonyl (C=O) groups excluding carboxylic acids is 1. The van der Waals surface area contributed by atoms with Gasteiger partial charge >= 0.3 is 0 Å². The molecular formula is C12H13N3O2. The Morgan fingerprint density at radius 1 is 1.53 bits per heavy atom. The Morgan fingerprint density at radius 2 is 2.47 bits per heavy atom. The molecule has 1 aromatic heterocycles. The number of aromatic nitrogens is 2. The van der Waals surface area contributed by atoms with Crippen molar-refractivity contribution in [3.05, 3.63) is 24.4 Å². The summed E-state index contributed by atoms with van der Waals surface area (Å²) < 4.78 is 5.33. The Bertz CT molecular complexity index is 543. The topological polar surface area (TPSA) is 67.0 Å². The quantitative estimate of drug-likeness (QED) is 0.826. The molecular weight excluding hydrogens is 218 g/mol. The van der Waals surface area contributed by atoms with Crippen molar-refractivity contribution in [1.82, 2.24) is 10.2 Å². The molecule has 0 bridgehead atoms. The number of hydrogen-bond donors (Lipinski definition) is 2. The third-order valence-corrected chi connectivity index (χ3v) is 2.93. The first-order valence-electron chi connectivity index (χ1n) is 5.68. The normalized spacial score (nSPS) is 19.6. The number of hydrogen-bond acceptors (Lipinski definition) is 3. The molecule has 3 rings (SSSR count). The number of nitrogens with one attached hydrogen (secondary N) is 2. The highest BCUT2D eigenvalue weighted by Crippen LogP contribution is 2.19. The average molecular weight is 231 g/mol. The summed E-state index contributed by atoms with van der Waals surface area (Å²) in [7, 11) is 0. The molecule has 2 heterocycles. The van der Waals surface area contributed by atoms with Crippen LogP contribution in [0.5, 0.6) is 0 Å². The minimum Gasteiger partial charge on any atom is -0.368 e. The van der Waals surface area contributed by atoms with Gasteiger partial charge in [0, 0.05) is 17.7 Å². The maximum Gasteiger partial charge on any atom is 0.253 e. The first-order chi connectivity index (χ1) is 8.33. The van der Waals surface area contributed by atoms with Crippen LogP contribution in [0.25, 0.3) is 10.9 Å². The predicted octanol–water partition coefficient (Wildman–Crippen LogP) is 1.68. The number of anilines is 1. The molecule has 1 atom stereocenters. The van der Waals surface area contributed by atoms with E-state index in [1.807, 2.05) is 18.2 Å². The maximum absolute atomic E-state index is 11.8. The number of fused-ring (bicyclic) bond motifs is 1. The van der Waals surface area contributed by atoms with Gasteiger partial charge in [0.05, 0.1) is 11.7 Å². The van der Waals surface area contributed by atoms with Crippen LogP contribution in [0.2, 0.25) is 0 Å². The SMILES string of the molecule is O=C(Nc1ccc2[nH]ncc2c1)[C@@H]1CCCO1. The van der Waals surface area contributed by atoms with E-state index in [0.717, 1.165) is 29.4 Å². The van der Waals surface area contributed by atoms with E-state index < -0.39 is 0 Å². The molecule has 1 saturated heterocycles. The Morgan fingerprint density at radius 3 is 3.29 bits per heavy atom. The molecule has 1 amide bonds. The molecule has 0 unspecified atom stereocenters. The minimum atomic E-state index is -0.296. The molecule has 0 radical (unpaired) electrons. The van der Waals surface area contributed by atoms with Crippen molar-refractivity contribution in [2.45, 2.75) is 18.9 Å². The van der Waals surface area contributed by atoms with Gasteiger partial charge in [-0.25, -0.2) is 0 Å². The smallest absolute Gasteiger partial charge is 0.253 e. The van der Waals surface area contributed by atoms with E-state index in [1.54, 1.807) is 6.20 Å². The maximum atomic E-state index is 11.8. The van der Waals surface area contributed by atoms with Gasteiger partial charge in [0.25, 0.3) is 5.91 Å². The highest BCUT2D eigenvalue weighted by atomic mass is 16.5. The summed E-state index contributed by atoms with van der Waals surface area (Å²) in [6.07, 6.45) is 3.20. The monoisotopic (exact) mass is 231 g/mol. The fraction of sp³-hybridized carbons (Fsp3) is 0.333. The molecule has 0 saturated carbocycles. The van der Waals surface area contributed by atoms with Crippen molar-refractivity contribution in [2.75, 3.05) is 11.9 Å². The Hall–Kier alpha value is -1.88. The average Bonchev–Trinajstić information content (AvgIpc) is 2.99. The van der Waals surface area contributed by atoms with E-state index in [0.29, 0.717) is 6.61 Å². The first-order valence-corrected chi connectivity index (χ1v) is 5.68. The van der Waals surface area contributed by atoms with Crippen molar-refractivity contribution < 1.29 is 9.53 Å². The lowest BCUT2D eigenvalue weighted by atomic mass is 10.2. The van der Waals surface area contributed by atoms with Gasteiger partial charge in [-0.2, -0.15) is 5.10 Å². The summed E-state index contributed by atoms with van der Waals surface area (Å²) in [4.78, 5) is 11.8. The molecule has 0 spiro atoms. The van der Waals surface area contributed by atoms with Crippen LogP contribution in [0.15, 0.2) is 24.4 Å². The Balaban J connectivity index is 1.77. The number of carbonyl (C=O) groups is 1. The lowest BCUT2D eigenvalue weighted by Gasteiger charge is -2.10. The van der Waals surface area contributed by atoms with Crippen LogP contribution in [0.4, 0.5) is 5.69 Å². The van der Waals surface area contributed by atoms with Crippen molar-refractivity contribution in [3.8, 4) is 0 Å². The molecule has 17 heavy (non-hydrogen) atoms. The second-order valence-electron chi connectivity index (χ2n) is 4.16. The number of amides is 1. The van der Waals surface area contributed by atoms with Crippen molar-refractivity contribution in [1.29, 1.82) is 0 Å². The summed E-state index contributed by atoms with van der Waals surface area (Å²) in [5.41, 5.74) is 1.74. The van der Waals surface area contributed by atoms with E-state index in [2.05, 4.69) is 15.5 Å². The van der Waals surface area contributed by atoms with Crippen LogP contribution < -0.4 is 5.32 Å². The second kappa shape index (κ2) is 4.18. The molecule has 2 N–H and O–H groups in total. The fourth-order valence-electron chi connectivity index (χ4n) is 2.03. The van der Waals surface area contributed by atoms with Crippen molar-refractivity contribution in [2.24, 2.45) is 0 Å². The summed E-state index contributed by atoms with van der Waals surface area (Å²) in [6.45, 7) is 0.679. The van der Waals surface area contributed by atoms with Crippen LogP contribution in [0.3, 0.4) is 0 Å². The van der Waals surface area contributed by atoms with Crippen molar-refractivity contribution in [3.63, 3.8) is 0 Å². The number of H-pyrrole nitrogens is 1. The fourth-order valence-corrected chi connectivity index (χ4v) is 2.03. The van der Waals surface area contributed by atoms with Gasteiger partial charge in [0.15, 0.2) is 0 Å². The predicted molar refractivity (Wildman–Crippen MR) is 63.7 cm³/mol. The Labute approximate surface area is 98.2 Å².